The molecule has 0 spiro atoms. The minimum Gasteiger partial charge on any atom is -0.497 e. The molecule has 1 saturated heterocycles. The number of benzene rings is 1. The van der Waals surface area contributed by atoms with Crippen molar-refractivity contribution in [3.8, 4) is 17.2 Å². The lowest BCUT2D eigenvalue weighted by Crippen LogP contribution is -2.40. The van der Waals surface area contributed by atoms with Gasteiger partial charge in [-0.15, -0.1) is 0 Å². The fourth-order valence-electron chi connectivity index (χ4n) is 3.41. The lowest BCUT2D eigenvalue weighted by molar-refractivity contribution is 0.206. The van der Waals surface area contributed by atoms with Crippen LogP contribution in [-0.2, 0) is 23.9 Å². The van der Waals surface area contributed by atoms with Gasteiger partial charge in [0.15, 0.2) is 0 Å². The van der Waals surface area contributed by atoms with Gasteiger partial charge >= 0.3 is 0 Å². The summed E-state index contributed by atoms with van der Waals surface area (Å²) < 4.78 is 25.0. The predicted octanol–water partition coefficient (Wildman–Crippen LogP) is 2.87. The molecule has 0 saturated carbocycles. The highest BCUT2D eigenvalue weighted by Crippen LogP contribution is 2.28. The summed E-state index contributed by atoms with van der Waals surface area (Å²) in [6, 6.07) is 7.72. The van der Waals surface area contributed by atoms with E-state index in [1.54, 1.807) is 13.4 Å². The zero-order valence-corrected chi connectivity index (χ0v) is 16.9. The molecule has 1 fully saturated rings. The summed E-state index contributed by atoms with van der Waals surface area (Å²) in [5.41, 5.74) is 2.88. The Bertz CT molecular complexity index is 951. The largest absolute Gasteiger partial charge is 0.497 e. The van der Waals surface area contributed by atoms with Gasteiger partial charge in [-0.3, -0.25) is 13.8 Å². The van der Waals surface area contributed by atoms with E-state index in [1.165, 1.54) is 0 Å². The Hall–Kier alpha value is -2.45. The molecule has 28 heavy (non-hydrogen) atoms. The van der Waals surface area contributed by atoms with E-state index in [-0.39, 0.29) is 6.04 Å². The zero-order chi connectivity index (χ0) is 19.5. The maximum absolute atomic E-state index is 12.2. The van der Waals surface area contributed by atoms with Gasteiger partial charge in [0.05, 0.1) is 19.0 Å². The van der Waals surface area contributed by atoms with Crippen LogP contribution in [-0.4, -0.2) is 49.0 Å². The fourth-order valence-corrected chi connectivity index (χ4v) is 4.77. The molecule has 4 rings (SSSR count). The highest BCUT2D eigenvalue weighted by molar-refractivity contribution is 7.85. The van der Waals surface area contributed by atoms with E-state index in [0.717, 1.165) is 35.7 Å². The van der Waals surface area contributed by atoms with Crippen LogP contribution >= 0.6 is 0 Å². The van der Waals surface area contributed by atoms with Crippen molar-refractivity contribution in [1.29, 1.82) is 0 Å². The SMILES string of the molecule is CCn1cc([C@H]2C[S@@](=O)CCN2Cc2coc(-c3ccc(OC)cc3)n2)cn1. The average Bonchev–Trinajstić information content (AvgIpc) is 3.39. The van der Waals surface area contributed by atoms with E-state index < -0.39 is 10.8 Å². The molecule has 3 aromatic rings. The number of nitrogens with zero attached hydrogens (tertiary/aromatic N) is 4. The Labute approximate surface area is 166 Å². The van der Waals surface area contributed by atoms with Gasteiger partial charge in [0.25, 0.3) is 0 Å². The third kappa shape index (κ3) is 4.02. The molecule has 1 aliphatic rings. The van der Waals surface area contributed by atoms with Crippen molar-refractivity contribution in [2.75, 3.05) is 25.2 Å². The second-order valence-electron chi connectivity index (χ2n) is 6.80. The Morgan fingerprint density at radius 2 is 2.14 bits per heavy atom. The molecule has 0 unspecified atom stereocenters. The molecule has 1 aliphatic heterocycles. The highest BCUT2D eigenvalue weighted by Gasteiger charge is 2.29. The van der Waals surface area contributed by atoms with Crippen LogP contribution in [0.25, 0.3) is 11.5 Å². The first-order valence-electron chi connectivity index (χ1n) is 9.36. The van der Waals surface area contributed by atoms with Gasteiger partial charge in [-0.25, -0.2) is 4.98 Å². The molecule has 0 N–H and O–H groups in total. The first-order chi connectivity index (χ1) is 13.7. The molecule has 7 nitrogen and oxygen atoms in total. The summed E-state index contributed by atoms with van der Waals surface area (Å²) in [6.45, 7) is 4.30. The molecule has 0 bridgehead atoms. The van der Waals surface area contributed by atoms with Crippen LogP contribution in [0.2, 0.25) is 0 Å². The maximum atomic E-state index is 12.2. The van der Waals surface area contributed by atoms with Gasteiger partial charge in [-0.05, 0) is 31.2 Å². The van der Waals surface area contributed by atoms with E-state index in [9.17, 15) is 4.21 Å². The van der Waals surface area contributed by atoms with Crippen LogP contribution in [0.1, 0.15) is 24.2 Å². The number of ether oxygens (including phenoxy) is 1. The maximum Gasteiger partial charge on any atom is 0.226 e. The van der Waals surface area contributed by atoms with Crippen molar-refractivity contribution in [3.05, 3.63) is 54.2 Å². The van der Waals surface area contributed by atoms with Gasteiger partial charge in [0.2, 0.25) is 5.89 Å². The molecule has 3 heterocycles. The van der Waals surface area contributed by atoms with Crippen LogP contribution in [0.15, 0.2) is 47.3 Å². The Morgan fingerprint density at radius 3 is 2.86 bits per heavy atom. The molecule has 2 aromatic heterocycles. The summed E-state index contributed by atoms with van der Waals surface area (Å²) in [6.07, 6.45) is 5.64. The van der Waals surface area contributed by atoms with E-state index in [4.69, 9.17) is 9.15 Å². The van der Waals surface area contributed by atoms with Gasteiger partial charge in [0.1, 0.15) is 12.0 Å². The van der Waals surface area contributed by atoms with Crippen LogP contribution < -0.4 is 4.74 Å². The van der Waals surface area contributed by atoms with Crippen molar-refractivity contribution in [3.63, 3.8) is 0 Å². The number of oxazole rings is 1. The third-order valence-electron chi connectivity index (χ3n) is 5.01. The normalized spacial score (nSPS) is 20.4. The summed E-state index contributed by atoms with van der Waals surface area (Å²) in [5, 5.41) is 4.38. The second kappa shape index (κ2) is 8.28. The van der Waals surface area contributed by atoms with Crippen molar-refractivity contribution in [2.45, 2.75) is 26.1 Å². The van der Waals surface area contributed by atoms with E-state index >= 15 is 0 Å². The lowest BCUT2D eigenvalue weighted by atomic mass is 10.1. The first-order valence-corrected chi connectivity index (χ1v) is 10.8. The van der Waals surface area contributed by atoms with E-state index in [1.807, 2.05) is 41.3 Å². The Morgan fingerprint density at radius 1 is 1.32 bits per heavy atom. The number of methoxy groups -OCH3 is 1. The van der Waals surface area contributed by atoms with Crippen LogP contribution in [0.4, 0.5) is 0 Å². The molecular formula is C20H24N4O3S. The second-order valence-corrected chi connectivity index (χ2v) is 8.42. The van der Waals surface area contributed by atoms with E-state index in [0.29, 0.717) is 23.9 Å². The summed E-state index contributed by atoms with van der Waals surface area (Å²) in [5.74, 6) is 2.70. The smallest absolute Gasteiger partial charge is 0.226 e. The molecule has 0 radical (unpaired) electrons. The number of aryl methyl sites for hydroxylation is 1. The molecule has 0 aliphatic carbocycles. The number of hydrogen-bond acceptors (Lipinski definition) is 6. The summed E-state index contributed by atoms with van der Waals surface area (Å²) in [7, 11) is 0.839. The topological polar surface area (TPSA) is 73.4 Å². The quantitative estimate of drug-likeness (QED) is 0.633. The average molecular weight is 401 g/mol. The summed E-state index contributed by atoms with van der Waals surface area (Å²) >= 11 is 0. The third-order valence-corrected chi connectivity index (χ3v) is 6.33. The van der Waals surface area contributed by atoms with Crippen LogP contribution in [0, 0.1) is 0 Å². The molecule has 8 heteroatoms. The van der Waals surface area contributed by atoms with Crippen molar-refractivity contribution < 1.29 is 13.4 Å². The fraction of sp³-hybridized carbons (Fsp3) is 0.400. The molecular weight excluding hydrogens is 376 g/mol. The number of hydrogen-bond donors (Lipinski definition) is 0. The van der Waals surface area contributed by atoms with E-state index in [2.05, 4.69) is 21.9 Å². The number of rotatable bonds is 6. The predicted molar refractivity (Wildman–Crippen MR) is 107 cm³/mol. The van der Waals surface area contributed by atoms with Crippen LogP contribution in [0.3, 0.4) is 0 Å². The monoisotopic (exact) mass is 400 g/mol. The van der Waals surface area contributed by atoms with Gasteiger partial charge in [-0.1, -0.05) is 0 Å². The highest BCUT2D eigenvalue weighted by atomic mass is 32.2. The number of aromatic nitrogens is 3. The standard InChI is InChI=1S/C20H24N4O3S/c1-3-24-11-16(10-21-24)19-14-28(25)9-8-23(19)12-17-13-27-20(22-17)15-4-6-18(26-2)7-5-15/h4-7,10-11,13,19H,3,8-9,12,14H2,1-2H3/t19-,28+/m1/s1. The van der Waals surface area contributed by atoms with Gasteiger partial charge < -0.3 is 9.15 Å². The molecule has 0 amide bonds. The van der Waals surface area contributed by atoms with Gasteiger partial charge in [0, 0.05) is 65.3 Å². The van der Waals surface area contributed by atoms with Crippen molar-refractivity contribution in [2.24, 2.45) is 0 Å². The minimum atomic E-state index is -0.804. The van der Waals surface area contributed by atoms with Crippen molar-refractivity contribution >= 4 is 10.8 Å². The Kier molecular flexibility index (Phi) is 5.59. The van der Waals surface area contributed by atoms with Crippen molar-refractivity contribution in [1.82, 2.24) is 19.7 Å². The molecule has 2 atom stereocenters. The zero-order valence-electron chi connectivity index (χ0n) is 16.1. The molecule has 1 aromatic carbocycles. The summed E-state index contributed by atoms with van der Waals surface area (Å²) in [4.78, 5) is 6.97. The van der Waals surface area contributed by atoms with Gasteiger partial charge in [-0.2, -0.15) is 5.10 Å². The minimum absolute atomic E-state index is 0.0796. The Balaban J connectivity index is 1.51. The first kappa shape index (κ1) is 18.9. The van der Waals surface area contributed by atoms with Crippen LogP contribution in [0.5, 0.6) is 5.75 Å². The molecule has 148 valence electrons. The lowest BCUT2D eigenvalue weighted by Gasteiger charge is -2.34.